The summed E-state index contributed by atoms with van der Waals surface area (Å²) in [5, 5.41) is 2.81. The predicted octanol–water partition coefficient (Wildman–Crippen LogP) is 2.61. The summed E-state index contributed by atoms with van der Waals surface area (Å²) in [5.41, 5.74) is 1.74. The molecule has 1 heterocycles. The van der Waals surface area contributed by atoms with Gasteiger partial charge in [0, 0.05) is 18.0 Å². The lowest BCUT2D eigenvalue weighted by atomic mass is 10.0. The molecule has 0 aliphatic heterocycles. The standard InChI is InChI=1S/C16H18N2O2/c1-12(2)13-6-5-7-14(10-13)17-15(19)11-18-9-4-3-8-16(18)20/h3-10,12H,11H2,1-2H3,(H,17,19). The van der Waals surface area contributed by atoms with Gasteiger partial charge in [-0.1, -0.05) is 32.0 Å². The number of nitrogens with one attached hydrogen (secondary N) is 1. The van der Waals surface area contributed by atoms with E-state index < -0.39 is 0 Å². The van der Waals surface area contributed by atoms with Crippen LogP contribution in [-0.2, 0) is 11.3 Å². The monoisotopic (exact) mass is 270 g/mol. The Morgan fingerprint density at radius 1 is 1.20 bits per heavy atom. The van der Waals surface area contributed by atoms with E-state index in [4.69, 9.17) is 0 Å². The van der Waals surface area contributed by atoms with E-state index in [1.807, 2.05) is 24.3 Å². The van der Waals surface area contributed by atoms with Crippen LogP contribution in [0.3, 0.4) is 0 Å². The summed E-state index contributed by atoms with van der Waals surface area (Å²) in [6, 6.07) is 12.6. The molecule has 0 radical (unpaired) electrons. The van der Waals surface area contributed by atoms with Crippen molar-refractivity contribution in [3.05, 3.63) is 64.6 Å². The van der Waals surface area contributed by atoms with Crippen LogP contribution in [0.2, 0.25) is 0 Å². The Kier molecular flexibility index (Phi) is 4.35. The van der Waals surface area contributed by atoms with E-state index in [9.17, 15) is 9.59 Å². The van der Waals surface area contributed by atoms with Gasteiger partial charge in [-0.15, -0.1) is 0 Å². The maximum Gasteiger partial charge on any atom is 0.250 e. The van der Waals surface area contributed by atoms with Gasteiger partial charge < -0.3 is 9.88 Å². The number of carbonyl (C=O) groups is 1. The van der Waals surface area contributed by atoms with Crippen molar-refractivity contribution in [3.63, 3.8) is 0 Å². The summed E-state index contributed by atoms with van der Waals surface area (Å²) in [4.78, 5) is 23.5. The highest BCUT2D eigenvalue weighted by atomic mass is 16.2. The molecular formula is C16H18N2O2. The van der Waals surface area contributed by atoms with Gasteiger partial charge in [0.15, 0.2) is 0 Å². The van der Waals surface area contributed by atoms with Crippen molar-refractivity contribution in [2.75, 3.05) is 5.32 Å². The number of benzene rings is 1. The van der Waals surface area contributed by atoms with Crippen LogP contribution in [0.4, 0.5) is 5.69 Å². The first-order valence-electron chi connectivity index (χ1n) is 6.61. The van der Waals surface area contributed by atoms with Gasteiger partial charge in [-0.05, 0) is 29.7 Å². The first kappa shape index (κ1) is 14.1. The third kappa shape index (κ3) is 3.57. The fraction of sp³-hybridized carbons (Fsp3) is 0.250. The molecule has 0 saturated heterocycles. The number of hydrogen-bond donors (Lipinski definition) is 1. The van der Waals surface area contributed by atoms with Crippen LogP contribution in [0.25, 0.3) is 0 Å². The van der Waals surface area contributed by atoms with Crippen LogP contribution in [0.5, 0.6) is 0 Å². The fourth-order valence-electron chi connectivity index (χ4n) is 1.92. The third-order valence-corrected chi connectivity index (χ3v) is 3.05. The van der Waals surface area contributed by atoms with Crippen LogP contribution >= 0.6 is 0 Å². The first-order chi connectivity index (χ1) is 9.56. The maximum absolute atomic E-state index is 11.9. The van der Waals surface area contributed by atoms with Crippen molar-refractivity contribution in [2.45, 2.75) is 26.3 Å². The number of amides is 1. The Morgan fingerprint density at radius 3 is 2.70 bits per heavy atom. The zero-order chi connectivity index (χ0) is 14.5. The van der Waals surface area contributed by atoms with Crippen molar-refractivity contribution in [2.24, 2.45) is 0 Å². The molecule has 1 amide bonds. The summed E-state index contributed by atoms with van der Waals surface area (Å²) >= 11 is 0. The van der Waals surface area contributed by atoms with Gasteiger partial charge in [0.25, 0.3) is 5.56 Å². The number of aromatic nitrogens is 1. The van der Waals surface area contributed by atoms with E-state index >= 15 is 0 Å². The molecule has 4 heteroatoms. The van der Waals surface area contributed by atoms with Crippen LogP contribution in [0.1, 0.15) is 25.3 Å². The highest BCUT2D eigenvalue weighted by molar-refractivity contribution is 5.90. The molecule has 0 aliphatic rings. The second-order valence-electron chi connectivity index (χ2n) is 5.00. The van der Waals surface area contributed by atoms with E-state index in [2.05, 4.69) is 19.2 Å². The minimum absolute atomic E-state index is 0.0194. The summed E-state index contributed by atoms with van der Waals surface area (Å²) in [5.74, 6) is 0.197. The van der Waals surface area contributed by atoms with E-state index in [0.717, 1.165) is 5.69 Å². The zero-order valence-electron chi connectivity index (χ0n) is 11.7. The highest BCUT2D eigenvalue weighted by Gasteiger charge is 2.06. The minimum Gasteiger partial charge on any atom is -0.325 e. The Balaban J connectivity index is 2.07. The van der Waals surface area contributed by atoms with E-state index in [0.29, 0.717) is 5.92 Å². The van der Waals surface area contributed by atoms with Crippen LogP contribution in [-0.4, -0.2) is 10.5 Å². The van der Waals surface area contributed by atoms with Gasteiger partial charge >= 0.3 is 0 Å². The summed E-state index contributed by atoms with van der Waals surface area (Å²) in [6.07, 6.45) is 1.60. The van der Waals surface area contributed by atoms with Crippen molar-refractivity contribution >= 4 is 11.6 Å². The summed E-state index contributed by atoms with van der Waals surface area (Å²) in [6.45, 7) is 4.22. The number of nitrogens with zero attached hydrogens (tertiary/aromatic N) is 1. The van der Waals surface area contributed by atoms with Crippen LogP contribution < -0.4 is 10.9 Å². The molecule has 2 aromatic rings. The molecule has 0 saturated carbocycles. The topological polar surface area (TPSA) is 51.1 Å². The molecule has 2 rings (SSSR count). The van der Waals surface area contributed by atoms with Gasteiger partial charge in [-0.25, -0.2) is 0 Å². The molecule has 0 fully saturated rings. The van der Waals surface area contributed by atoms with Crippen molar-refractivity contribution in [1.82, 2.24) is 4.57 Å². The van der Waals surface area contributed by atoms with Crippen LogP contribution in [0, 0.1) is 0 Å². The molecule has 0 aliphatic carbocycles. The molecule has 20 heavy (non-hydrogen) atoms. The van der Waals surface area contributed by atoms with Crippen molar-refractivity contribution in [1.29, 1.82) is 0 Å². The van der Waals surface area contributed by atoms with Gasteiger partial charge in [0.2, 0.25) is 5.91 Å². The smallest absolute Gasteiger partial charge is 0.250 e. The fourth-order valence-corrected chi connectivity index (χ4v) is 1.92. The molecule has 4 nitrogen and oxygen atoms in total. The number of anilines is 1. The Morgan fingerprint density at radius 2 is 2.00 bits per heavy atom. The van der Waals surface area contributed by atoms with Gasteiger partial charge in [0.1, 0.15) is 6.54 Å². The second-order valence-corrected chi connectivity index (χ2v) is 5.00. The van der Waals surface area contributed by atoms with E-state index in [1.165, 1.54) is 16.2 Å². The first-order valence-corrected chi connectivity index (χ1v) is 6.61. The minimum atomic E-state index is -0.209. The molecule has 0 spiro atoms. The number of pyridine rings is 1. The second kappa shape index (κ2) is 6.19. The molecule has 0 bridgehead atoms. The predicted molar refractivity (Wildman–Crippen MR) is 79.9 cm³/mol. The lowest BCUT2D eigenvalue weighted by Gasteiger charge is -2.10. The molecule has 1 aromatic heterocycles. The molecule has 104 valence electrons. The Bertz CT molecular complexity index is 659. The molecular weight excluding hydrogens is 252 g/mol. The Hall–Kier alpha value is -2.36. The largest absolute Gasteiger partial charge is 0.325 e. The van der Waals surface area contributed by atoms with Crippen molar-refractivity contribution in [3.8, 4) is 0 Å². The number of hydrogen-bond acceptors (Lipinski definition) is 2. The highest BCUT2D eigenvalue weighted by Crippen LogP contribution is 2.18. The third-order valence-electron chi connectivity index (χ3n) is 3.05. The number of rotatable bonds is 4. The van der Waals surface area contributed by atoms with Gasteiger partial charge in [-0.3, -0.25) is 9.59 Å². The lowest BCUT2D eigenvalue weighted by Crippen LogP contribution is -2.26. The Labute approximate surface area is 118 Å². The van der Waals surface area contributed by atoms with E-state index in [-0.39, 0.29) is 18.0 Å². The van der Waals surface area contributed by atoms with Crippen LogP contribution in [0.15, 0.2) is 53.5 Å². The summed E-state index contributed by atoms with van der Waals surface area (Å²) < 4.78 is 1.38. The lowest BCUT2D eigenvalue weighted by molar-refractivity contribution is -0.116. The zero-order valence-corrected chi connectivity index (χ0v) is 11.7. The molecule has 1 aromatic carbocycles. The maximum atomic E-state index is 11.9. The van der Waals surface area contributed by atoms with E-state index in [1.54, 1.807) is 18.3 Å². The van der Waals surface area contributed by atoms with Gasteiger partial charge in [-0.2, -0.15) is 0 Å². The van der Waals surface area contributed by atoms with Gasteiger partial charge in [0.05, 0.1) is 0 Å². The molecule has 0 atom stereocenters. The van der Waals surface area contributed by atoms with Crippen molar-refractivity contribution < 1.29 is 4.79 Å². The summed E-state index contributed by atoms with van der Waals surface area (Å²) in [7, 11) is 0. The molecule has 1 N–H and O–H groups in total. The molecule has 0 unspecified atom stereocenters. The average molecular weight is 270 g/mol. The number of carbonyl (C=O) groups excluding carboxylic acids is 1. The normalized spacial score (nSPS) is 10.6. The SMILES string of the molecule is CC(C)c1cccc(NC(=O)Cn2ccccc2=O)c1. The average Bonchev–Trinajstić information content (AvgIpc) is 2.41. The quantitative estimate of drug-likeness (QED) is 0.928.